The fraction of sp³-hybridized carbons (Fsp3) is 0.429. The van der Waals surface area contributed by atoms with Crippen LogP contribution in [0.25, 0.3) is 0 Å². The SMILES string of the molecule is CC(C)OCCNC(=O)Cc1ccc(C(=O)O)cc1. The van der Waals surface area contributed by atoms with Gasteiger partial charge in [-0.2, -0.15) is 0 Å². The summed E-state index contributed by atoms with van der Waals surface area (Å²) in [7, 11) is 0. The summed E-state index contributed by atoms with van der Waals surface area (Å²) in [5, 5.41) is 11.5. The van der Waals surface area contributed by atoms with Crippen LogP contribution in [0.3, 0.4) is 0 Å². The quantitative estimate of drug-likeness (QED) is 0.732. The van der Waals surface area contributed by atoms with Gasteiger partial charge in [-0.15, -0.1) is 0 Å². The molecule has 5 nitrogen and oxygen atoms in total. The molecule has 0 unspecified atom stereocenters. The second-order valence-electron chi connectivity index (χ2n) is 4.45. The summed E-state index contributed by atoms with van der Waals surface area (Å²) in [6.07, 6.45) is 0.391. The van der Waals surface area contributed by atoms with E-state index < -0.39 is 5.97 Å². The first-order chi connectivity index (χ1) is 8.99. The molecule has 1 aromatic rings. The van der Waals surface area contributed by atoms with Crippen molar-refractivity contribution in [3.63, 3.8) is 0 Å². The van der Waals surface area contributed by atoms with E-state index in [4.69, 9.17) is 9.84 Å². The molecule has 1 aromatic carbocycles. The summed E-state index contributed by atoms with van der Waals surface area (Å²) in [5.41, 5.74) is 1.00. The Morgan fingerprint density at radius 3 is 2.42 bits per heavy atom. The van der Waals surface area contributed by atoms with Crippen molar-refractivity contribution in [2.45, 2.75) is 26.4 Å². The number of carbonyl (C=O) groups excluding carboxylic acids is 1. The molecule has 104 valence electrons. The predicted octanol–water partition coefficient (Wildman–Crippen LogP) is 1.47. The van der Waals surface area contributed by atoms with E-state index in [0.717, 1.165) is 5.56 Å². The zero-order valence-corrected chi connectivity index (χ0v) is 11.2. The Hall–Kier alpha value is -1.88. The second kappa shape index (κ2) is 7.53. The first-order valence-electron chi connectivity index (χ1n) is 6.19. The fourth-order valence-electron chi connectivity index (χ4n) is 1.50. The second-order valence-corrected chi connectivity index (χ2v) is 4.45. The van der Waals surface area contributed by atoms with E-state index in [9.17, 15) is 9.59 Å². The number of benzene rings is 1. The average Bonchev–Trinajstić information content (AvgIpc) is 2.35. The van der Waals surface area contributed by atoms with E-state index in [0.29, 0.717) is 13.2 Å². The van der Waals surface area contributed by atoms with Crippen LogP contribution >= 0.6 is 0 Å². The maximum atomic E-state index is 11.6. The number of ether oxygens (including phenoxy) is 1. The first kappa shape index (κ1) is 15.2. The van der Waals surface area contributed by atoms with Crippen LogP contribution in [0, 0.1) is 0 Å². The lowest BCUT2D eigenvalue weighted by molar-refractivity contribution is -0.120. The molecule has 0 saturated carbocycles. The summed E-state index contributed by atoms with van der Waals surface area (Å²) >= 11 is 0. The van der Waals surface area contributed by atoms with Gasteiger partial charge in [0.05, 0.1) is 24.7 Å². The highest BCUT2D eigenvalue weighted by Gasteiger charge is 2.05. The van der Waals surface area contributed by atoms with Gasteiger partial charge in [-0.3, -0.25) is 4.79 Å². The third kappa shape index (κ3) is 6.01. The molecule has 0 saturated heterocycles. The first-order valence-corrected chi connectivity index (χ1v) is 6.19. The van der Waals surface area contributed by atoms with Crippen molar-refractivity contribution in [1.29, 1.82) is 0 Å². The molecule has 1 rings (SSSR count). The van der Waals surface area contributed by atoms with Crippen LogP contribution in [-0.4, -0.2) is 36.2 Å². The zero-order chi connectivity index (χ0) is 14.3. The van der Waals surface area contributed by atoms with Gasteiger partial charge in [0.25, 0.3) is 0 Å². The molecule has 1 amide bonds. The van der Waals surface area contributed by atoms with Crippen LogP contribution in [0.15, 0.2) is 24.3 Å². The number of rotatable bonds is 7. The molecule has 2 N–H and O–H groups in total. The van der Waals surface area contributed by atoms with Gasteiger partial charge in [-0.1, -0.05) is 12.1 Å². The monoisotopic (exact) mass is 265 g/mol. The smallest absolute Gasteiger partial charge is 0.335 e. The molecule has 0 aliphatic carbocycles. The minimum atomic E-state index is -0.971. The van der Waals surface area contributed by atoms with Gasteiger partial charge >= 0.3 is 5.97 Å². The zero-order valence-electron chi connectivity index (χ0n) is 11.2. The van der Waals surface area contributed by atoms with Crippen molar-refractivity contribution < 1.29 is 19.4 Å². The number of carboxylic acid groups (broad SMARTS) is 1. The maximum absolute atomic E-state index is 11.6. The number of hydrogen-bond acceptors (Lipinski definition) is 3. The highest BCUT2D eigenvalue weighted by Crippen LogP contribution is 2.05. The number of aromatic carboxylic acids is 1. The molecular formula is C14H19NO4. The average molecular weight is 265 g/mol. The van der Waals surface area contributed by atoms with Gasteiger partial charge < -0.3 is 15.2 Å². The van der Waals surface area contributed by atoms with Crippen molar-refractivity contribution in [2.75, 3.05) is 13.2 Å². The largest absolute Gasteiger partial charge is 0.478 e. The molecule has 0 fully saturated rings. The molecule has 19 heavy (non-hydrogen) atoms. The third-order valence-electron chi connectivity index (χ3n) is 2.44. The molecule has 0 aliphatic rings. The fourth-order valence-corrected chi connectivity index (χ4v) is 1.50. The molecule has 0 bridgehead atoms. The van der Waals surface area contributed by atoms with Gasteiger partial charge in [0, 0.05) is 6.54 Å². The van der Waals surface area contributed by atoms with Crippen LogP contribution in [0.5, 0.6) is 0 Å². The Balaban J connectivity index is 2.34. The van der Waals surface area contributed by atoms with E-state index in [1.807, 2.05) is 13.8 Å². The minimum absolute atomic E-state index is 0.101. The van der Waals surface area contributed by atoms with Gasteiger partial charge in [0.15, 0.2) is 0 Å². The summed E-state index contributed by atoms with van der Waals surface area (Å²) in [4.78, 5) is 22.3. The Morgan fingerprint density at radius 1 is 1.26 bits per heavy atom. The predicted molar refractivity (Wildman–Crippen MR) is 71.2 cm³/mol. The lowest BCUT2D eigenvalue weighted by Crippen LogP contribution is -2.29. The Labute approximate surface area is 112 Å². The van der Waals surface area contributed by atoms with Gasteiger partial charge in [-0.05, 0) is 31.5 Å². The van der Waals surface area contributed by atoms with Crippen molar-refractivity contribution >= 4 is 11.9 Å². The van der Waals surface area contributed by atoms with Crippen molar-refractivity contribution in [3.8, 4) is 0 Å². The minimum Gasteiger partial charge on any atom is -0.478 e. The molecule has 0 radical (unpaired) electrons. The van der Waals surface area contributed by atoms with E-state index >= 15 is 0 Å². The number of amides is 1. The van der Waals surface area contributed by atoms with E-state index in [1.54, 1.807) is 12.1 Å². The van der Waals surface area contributed by atoms with Crippen LogP contribution in [0.4, 0.5) is 0 Å². The number of carboxylic acids is 1. The number of carbonyl (C=O) groups is 2. The van der Waals surface area contributed by atoms with Gasteiger partial charge in [0.1, 0.15) is 0 Å². The van der Waals surface area contributed by atoms with Crippen molar-refractivity contribution in [1.82, 2.24) is 5.32 Å². The molecule has 5 heteroatoms. The van der Waals surface area contributed by atoms with Crippen LogP contribution in [0.1, 0.15) is 29.8 Å². The van der Waals surface area contributed by atoms with Gasteiger partial charge in [0.2, 0.25) is 5.91 Å². The topological polar surface area (TPSA) is 75.6 Å². The Bertz CT molecular complexity index is 426. The number of hydrogen-bond donors (Lipinski definition) is 2. The number of nitrogens with one attached hydrogen (secondary N) is 1. The molecular weight excluding hydrogens is 246 g/mol. The molecule has 0 atom stereocenters. The highest BCUT2D eigenvalue weighted by atomic mass is 16.5. The summed E-state index contributed by atoms with van der Waals surface area (Å²) in [6.45, 7) is 4.84. The normalized spacial score (nSPS) is 10.5. The Kier molecular flexibility index (Phi) is 6.02. The molecule has 0 aromatic heterocycles. The third-order valence-corrected chi connectivity index (χ3v) is 2.44. The maximum Gasteiger partial charge on any atom is 0.335 e. The van der Waals surface area contributed by atoms with Crippen LogP contribution in [-0.2, 0) is 16.0 Å². The summed E-state index contributed by atoms with van der Waals surface area (Å²) in [5.74, 6) is -1.07. The van der Waals surface area contributed by atoms with E-state index in [2.05, 4.69) is 5.32 Å². The standard InChI is InChI=1S/C14H19NO4/c1-10(2)19-8-7-15-13(16)9-11-3-5-12(6-4-11)14(17)18/h3-6,10H,7-9H2,1-2H3,(H,15,16)(H,17,18). The van der Waals surface area contributed by atoms with E-state index in [-0.39, 0.29) is 24.0 Å². The molecule has 0 heterocycles. The lowest BCUT2D eigenvalue weighted by atomic mass is 10.1. The summed E-state index contributed by atoms with van der Waals surface area (Å²) < 4.78 is 5.30. The van der Waals surface area contributed by atoms with Crippen molar-refractivity contribution in [2.24, 2.45) is 0 Å². The van der Waals surface area contributed by atoms with Crippen molar-refractivity contribution in [3.05, 3.63) is 35.4 Å². The van der Waals surface area contributed by atoms with Crippen LogP contribution < -0.4 is 5.32 Å². The molecule has 0 spiro atoms. The summed E-state index contributed by atoms with van der Waals surface area (Å²) in [6, 6.07) is 6.28. The highest BCUT2D eigenvalue weighted by molar-refractivity contribution is 5.87. The van der Waals surface area contributed by atoms with Gasteiger partial charge in [-0.25, -0.2) is 4.79 Å². The van der Waals surface area contributed by atoms with E-state index in [1.165, 1.54) is 12.1 Å². The molecule has 0 aliphatic heterocycles. The Morgan fingerprint density at radius 2 is 1.89 bits per heavy atom. The lowest BCUT2D eigenvalue weighted by Gasteiger charge is -2.08. The van der Waals surface area contributed by atoms with Crippen LogP contribution in [0.2, 0.25) is 0 Å².